The Bertz CT molecular complexity index is 1130. The predicted octanol–water partition coefficient (Wildman–Crippen LogP) is 7.49. The van der Waals surface area contributed by atoms with Gasteiger partial charge in [-0.15, -0.1) is 0 Å². The summed E-state index contributed by atoms with van der Waals surface area (Å²) in [4.78, 5) is 12.5. The zero-order chi connectivity index (χ0) is 26.8. The molecule has 0 radical (unpaired) electrons. The van der Waals surface area contributed by atoms with Gasteiger partial charge in [0.25, 0.3) is 0 Å². The molecule has 5 rings (SSSR count). The Kier molecular flexibility index (Phi) is 8.44. The summed E-state index contributed by atoms with van der Waals surface area (Å²) in [5, 5.41) is 10.3. The third-order valence-electron chi connectivity index (χ3n) is 8.79. The van der Waals surface area contributed by atoms with Gasteiger partial charge in [0, 0.05) is 5.56 Å². The second kappa shape index (κ2) is 11.8. The zero-order valence-corrected chi connectivity index (χ0v) is 21.9. The van der Waals surface area contributed by atoms with E-state index in [1.54, 1.807) is 24.3 Å². The number of hydrogen-bond acceptors (Lipinski definition) is 4. The number of carbonyl (C=O) groups excluding carboxylic acids is 1. The van der Waals surface area contributed by atoms with E-state index in [2.05, 4.69) is 6.92 Å². The zero-order valence-electron chi connectivity index (χ0n) is 21.9. The highest BCUT2D eigenvalue weighted by Gasteiger charge is 2.32. The molecule has 2 unspecified atom stereocenters. The van der Waals surface area contributed by atoms with E-state index < -0.39 is 23.4 Å². The van der Waals surface area contributed by atoms with Crippen LogP contribution in [0.2, 0.25) is 0 Å². The molecule has 7 heteroatoms. The lowest BCUT2D eigenvalue weighted by atomic mass is 9.75. The normalized spacial score (nSPS) is 28.1. The molecule has 1 aliphatic heterocycles. The van der Waals surface area contributed by atoms with Crippen molar-refractivity contribution in [3.63, 3.8) is 0 Å². The molecule has 0 bridgehead atoms. The van der Waals surface area contributed by atoms with Crippen LogP contribution in [0.4, 0.5) is 13.2 Å². The average Bonchev–Trinajstić information content (AvgIpc) is 3.76. The molecule has 1 heterocycles. The number of hydrogen-bond donors (Lipinski definition) is 1. The molecule has 2 atom stereocenters. The van der Waals surface area contributed by atoms with Crippen LogP contribution in [0, 0.1) is 23.4 Å². The maximum absolute atomic E-state index is 15.2. The molecule has 3 aliphatic rings. The number of aliphatic hydroxyl groups excluding tert-OH is 1. The first-order chi connectivity index (χ1) is 18.4. The van der Waals surface area contributed by atoms with Crippen molar-refractivity contribution in [3.8, 4) is 0 Å². The standard InChI is InChI=1S/C31H37F3O4/c1-2-3-27(35)20-6-4-18(5-7-20)23-14-15-24(30(34)29(23)33)19-8-11-22(12-9-19)38-31(36)21-10-13-25(26(32)16-21)28-17-37-28/h10,13-16,18-20,22,27-28,35H,2-9,11-12,17H2,1H3. The summed E-state index contributed by atoms with van der Waals surface area (Å²) in [5.74, 6) is -2.46. The molecular weight excluding hydrogens is 493 g/mol. The molecule has 2 aromatic rings. The summed E-state index contributed by atoms with van der Waals surface area (Å²) in [6.07, 6.45) is 6.31. The summed E-state index contributed by atoms with van der Waals surface area (Å²) >= 11 is 0. The van der Waals surface area contributed by atoms with Crippen molar-refractivity contribution in [2.24, 2.45) is 5.92 Å². The maximum Gasteiger partial charge on any atom is 0.338 e. The van der Waals surface area contributed by atoms with Crippen molar-refractivity contribution in [1.82, 2.24) is 0 Å². The summed E-state index contributed by atoms with van der Waals surface area (Å²) in [7, 11) is 0. The second-order valence-electron chi connectivity index (χ2n) is 11.3. The van der Waals surface area contributed by atoms with E-state index in [9.17, 15) is 14.3 Å². The molecule has 2 aliphatic carbocycles. The van der Waals surface area contributed by atoms with E-state index >= 15 is 8.78 Å². The van der Waals surface area contributed by atoms with Crippen molar-refractivity contribution in [1.29, 1.82) is 0 Å². The van der Waals surface area contributed by atoms with Crippen LogP contribution < -0.4 is 0 Å². The minimum Gasteiger partial charge on any atom is -0.459 e. The molecule has 0 aromatic heterocycles. The second-order valence-corrected chi connectivity index (χ2v) is 11.3. The van der Waals surface area contributed by atoms with E-state index in [4.69, 9.17) is 9.47 Å². The highest BCUT2D eigenvalue weighted by Crippen LogP contribution is 2.42. The van der Waals surface area contributed by atoms with Gasteiger partial charge in [0.1, 0.15) is 18.0 Å². The molecule has 38 heavy (non-hydrogen) atoms. The maximum atomic E-state index is 15.2. The quantitative estimate of drug-likeness (QED) is 0.284. The number of rotatable bonds is 8. The first kappa shape index (κ1) is 27.2. The number of benzene rings is 2. The van der Waals surface area contributed by atoms with E-state index in [1.807, 2.05) is 0 Å². The van der Waals surface area contributed by atoms with Gasteiger partial charge in [0.15, 0.2) is 11.6 Å². The highest BCUT2D eigenvalue weighted by atomic mass is 19.2. The van der Waals surface area contributed by atoms with E-state index in [0.29, 0.717) is 49.0 Å². The molecular formula is C31H37F3O4. The summed E-state index contributed by atoms with van der Waals surface area (Å²) in [6.45, 7) is 2.54. The number of carbonyl (C=O) groups is 1. The summed E-state index contributed by atoms with van der Waals surface area (Å²) < 4.78 is 55.4. The van der Waals surface area contributed by atoms with E-state index in [-0.39, 0.29) is 41.6 Å². The SMILES string of the molecule is CCCC(O)C1CCC(c2ccc(C3CCC(OC(=O)c4ccc(C5CO5)c(F)c4)CC3)c(F)c2F)CC1. The van der Waals surface area contributed by atoms with Gasteiger partial charge in [0.2, 0.25) is 0 Å². The minimum absolute atomic E-state index is 0.0190. The van der Waals surface area contributed by atoms with Crippen molar-refractivity contribution < 1.29 is 32.5 Å². The Morgan fingerprint density at radius 2 is 1.47 bits per heavy atom. The van der Waals surface area contributed by atoms with Gasteiger partial charge in [-0.2, -0.15) is 0 Å². The highest BCUT2D eigenvalue weighted by molar-refractivity contribution is 5.89. The fraction of sp³-hybridized carbons (Fsp3) is 0.581. The fourth-order valence-electron chi connectivity index (χ4n) is 6.41. The molecule has 206 valence electrons. The number of aliphatic hydroxyl groups is 1. The predicted molar refractivity (Wildman–Crippen MR) is 137 cm³/mol. The van der Waals surface area contributed by atoms with Gasteiger partial charge in [0.05, 0.1) is 18.3 Å². The van der Waals surface area contributed by atoms with Crippen LogP contribution in [0.1, 0.15) is 116 Å². The van der Waals surface area contributed by atoms with Gasteiger partial charge in [-0.05, 0) is 98.8 Å². The lowest BCUT2D eigenvalue weighted by Crippen LogP contribution is -2.26. The van der Waals surface area contributed by atoms with Gasteiger partial charge in [-0.1, -0.05) is 31.5 Å². The number of epoxide rings is 1. The van der Waals surface area contributed by atoms with Crippen LogP contribution in [0.3, 0.4) is 0 Å². The van der Waals surface area contributed by atoms with E-state index in [0.717, 1.165) is 38.5 Å². The van der Waals surface area contributed by atoms with Crippen molar-refractivity contribution in [3.05, 3.63) is 70.0 Å². The number of ether oxygens (including phenoxy) is 2. The van der Waals surface area contributed by atoms with E-state index in [1.165, 1.54) is 6.07 Å². The minimum atomic E-state index is -0.758. The first-order valence-corrected chi connectivity index (χ1v) is 14.1. The summed E-state index contributed by atoms with van der Waals surface area (Å²) in [5.41, 5.74) is 1.44. The van der Waals surface area contributed by atoms with Crippen LogP contribution in [-0.4, -0.2) is 29.9 Å². The van der Waals surface area contributed by atoms with Gasteiger partial charge in [-0.3, -0.25) is 0 Å². The van der Waals surface area contributed by atoms with Crippen LogP contribution in [0.25, 0.3) is 0 Å². The first-order valence-electron chi connectivity index (χ1n) is 14.1. The molecule has 3 fully saturated rings. The topological polar surface area (TPSA) is 59.1 Å². The summed E-state index contributed by atoms with van der Waals surface area (Å²) in [6, 6.07) is 7.77. The Hall–Kier alpha value is -2.38. The van der Waals surface area contributed by atoms with Crippen molar-refractivity contribution in [2.45, 2.75) is 101 Å². The Balaban J connectivity index is 1.15. The molecule has 1 saturated heterocycles. The molecule has 0 spiro atoms. The Morgan fingerprint density at radius 1 is 0.921 bits per heavy atom. The van der Waals surface area contributed by atoms with Crippen molar-refractivity contribution >= 4 is 5.97 Å². The van der Waals surface area contributed by atoms with Gasteiger partial charge in [-0.25, -0.2) is 18.0 Å². The fourth-order valence-corrected chi connectivity index (χ4v) is 6.41. The van der Waals surface area contributed by atoms with Crippen molar-refractivity contribution in [2.75, 3.05) is 6.61 Å². The monoisotopic (exact) mass is 530 g/mol. The average molecular weight is 531 g/mol. The number of halogens is 3. The smallest absolute Gasteiger partial charge is 0.338 e. The molecule has 0 amide bonds. The lowest BCUT2D eigenvalue weighted by Gasteiger charge is -2.32. The molecule has 2 saturated carbocycles. The largest absolute Gasteiger partial charge is 0.459 e. The van der Waals surface area contributed by atoms with Crippen LogP contribution in [0.5, 0.6) is 0 Å². The molecule has 1 N–H and O–H groups in total. The molecule has 2 aromatic carbocycles. The van der Waals surface area contributed by atoms with Crippen LogP contribution in [-0.2, 0) is 9.47 Å². The van der Waals surface area contributed by atoms with Gasteiger partial charge >= 0.3 is 5.97 Å². The van der Waals surface area contributed by atoms with Crippen LogP contribution in [0.15, 0.2) is 30.3 Å². The third kappa shape index (κ3) is 5.94. The Labute approximate surface area is 222 Å². The molecule has 4 nitrogen and oxygen atoms in total. The number of esters is 1. The lowest BCUT2D eigenvalue weighted by molar-refractivity contribution is 0.0193. The van der Waals surface area contributed by atoms with Gasteiger partial charge < -0.3 is 14.6 Å². The van der Waals surface area contributed by atoms with Crippen LogP contribution >= 0.6 is 0 Å². The Morgan fingerprint density at radius 3 is 2.00 bits per heavy atom. The third-order valence-corrected chi connectivity index (χ3v) is 8.79.